The first kappa shape index (κ1) is 27.7. The van der Waals surface area contributed by atoms with Crippen molar-refractivity contribution in [2.45, 2.75) is 32.5 Å². The number of hydrogen-bond acceptors (Lipinski definition) is 6. The van der Waals surface area contributed by atoms with Gasteiger partial charge in [0.15, 0.2) is 5.69 Å². The molecule has 1 aromatic heterocycles. The number of anilines is 3. The van der Waals surface area contributed by atoms with Crippen molar-refractivity contribution in [2.75, 3.05) is 30.3 Å². The molecule has 13 heteroatoms. The Morgan fingerprint density at radius 2 is 1.79 bits per heavy atom. The molecule has 0 radical (unpaired) electrons. The maximum atomic E-state index is 13.6. The summed E-state index contributed by atoms with van der Waals surface area (Å²) in [7, 11) is 0. The molecule has 0 bridgehead atoms. The zero-order chi connectivity index (χ0) is 27.3. The Morgan fingerprint density at radius 1 is 1.05 bits per heavy atom. The van der Waals surface area contributed by atoms with Crippen LogP contribution >= 0.6 is 23.2 Å². The van der Waals surface area contributed by atoms with Crippen LogP contribution in [0.25, 0.3) is 0 Å². The molecule has 8 nitrogen and oxygen atoms in total. The lowest BCUT2D eigenvalue weighted by Crippen LogP contribution is -2.22. The SMILES string of the molecule is CCOc1ccc(Nc2cc(C(F)(F)F)nc(/N=C(\N)Nc3ccc(Cl)c(Cl)c3)n2)cc1CN1CCCC1. The van der Waals surface area contributed by atoms with Crippen LogP contribution in [0.5, 0.6) is 5.75 Å². The summed E-state index contributed by atoms with van der Waals surface area (Å²) in [5, 5.41) is 6.28. The Bertz CT molecular complexity index is 1310. The number of aromatic nitrogens is 2. The lowest BCUT2D eigenvalue weighted by Gasteiger charge is -2.19. The molecule has 2 heterocycles. The smallest absolute Gasteiger partial charge is 0.433 e. The van der Waals surface area contributed by atoms with E-state index in [1.807, 2.05) is 13.0 Å². The second-order valence-electron chi connectivity index (χ2n) is 8.55. The molecule has 0 saturated carbocycles. The predicted molar refractivity (Wildman–Crippen MR) is 144 cm³/mol. The van der Waals surface area contributed by atoms with Gasteiger partial charge in [0.25, 0.3) is 5.95 Å². The molecule has 0 unspecified atom stereocenters. The molecule has 4 rings (SSSR count). The van der Waals surface area contributed by atoms with E-state index in [2.05, 4.69) is 30.5 Å². The molecule has 4 N–H and O–H groups in total. The van der Waals surface area contributed by atoms with Crippen molar-refractivity contribution >= 4 is 52.3 Å². The molecule has 3 aromatic rings. The number of rotatable bonds is 8. The summed E-state index contributed by atoms with van der Waals surface area (Å²) in [6, 6.07) is 10.8. The van der Waals surface area contributed by atoms with Gasteiger partial charge in [0.1, 0.15) is 11.6 Å². The molecule has 0 amide bonds. The van der Waals surface area contributed by atoms with E-state index in [-0.39, 0.29) is 16.8 Å². The molecule has 1 saturated heterocycles. The second-order valence-corrected chi connectivity index (χ2v) is 9.37. The number of nitrogens with one attached hydrogen (secondary N) is 2. The number of ether oxygens (including phenoxy) is 1. The summed E-state index contributed by atoms with van der Waals surface area (Å²) in [6.07, 6.45) is -2.46. The van der Waals surface area contributed by atoms with E-state index in [1.54, 1.807) is 18.2 Å². The number of likely N-dealkylation sites (tertiary alicyclic amines) is 1. The Hall–Kier alpha value is -3.28. The zero-order valence-corrected chi connectivity index (χ0v) is 22.0. The molecule has 0 aliphatic carbocycles. The average Bonchev–Trinajstić information content (AvgIpc) is 3.35. The van der Waals surface area contributed by atoms with Gasteiger partial charge in [0.2, 0.25) is 5.96 Å². The standard InChI is InChI=1S/C25H26Cl2F3N7O/c1-2-38-20-8-6-16(11-15(20)14-37-9-3-4-10-37)32-22-13-21(25(28,29)30)34-24(35-22)36-23(31)33-17-5-7-18(26)19(27)12-17/h5-8,11-13H,2-4,9-10,14H2,1H3,(H4,31,32,33,34,35,36). The largest absolute Gasteiger partial charge is 0.494 e. The summed E-state index contributed by atoms with van der Waals surface area (Å²) < 4.78 is 46.6. The highest BCUT2D eigenvalue weighted by molar-refractivity contribution is 6.42. The molecule has 0 spiro atoms. The molecule has 1 aliphatic heterocycles. The van der Waals surface area contributed by atoms with Gasteiger partial charge < -0.3 is 21.1 Å². The second kappa shape index (κ2) is 12.1. The number of nitrogens with two attached hydrogens (primary N) is 1. The molecule has 38 heavy (non-hydrogen) atoms. The van der Waals surface area contributed by atoms with Crippen molar-refractivity contribution in [3.8, 4) is 5.75 Å². The summed E-state index contributed by atoms with van der Waals surface area (Å²) in [6.45, 7) is 5.05. The molecule has 1 fully saturated rings. The van der Waals surface area contributed by atoms with Crippen LogP contribution in [0.15, 0.2) is 47.5 Å². The van der Waals surface area contributed by atoms with Gasteiger partial charge in [-0.1, -0.05) is 23.2 Å². The van der Waals surface area contributed by atoms with Crippen molar-refractivity contribution in [1.29, 1.82) is 0 Å². The monoisotopic (exact) mass is 567 g/mol. The van der Waals surface area contributed by atoms with E-state index in [0.29, 0.717) is 29.5 Å². The number of halogens is 5. The Balaban J connectivity index is 1.61. The maximum Gasteiger partial charge on any atom is 0.433 e. The topological polar surface area (TPSA) is 101 Å². The van der Waals surface area contributed by atoms with Crippen molar-refractivity contribution in [1.82, 2.24) is 14.9 Å². The summed E-state index contributed by atoms with van der Waals surface area (Å²) in [5.74, 6) is -0.0713. The fraction of sp³-hybridized carbons (Fsp3) is 0.320. The number of benzene rings is 2. The van der Waals surface area contributed by atoms with Crippen LogP contribution in [-0.2, 0) is 12.7 Å². The number of hydrogen-bond donors (Lipinski definition) is 3. The fourth-order valence-corrected chi connectivity index (χ4v) is 4.26. The van der Waals surface area contributed by atoms with Crippen LogP contribution in [0, 0.1) is 0 Å². The third-order valence-electron chi connectivity index (χ3n) is 5.64. The summed E-state index contributed by atoms with van der Waals surface area (Å²) in [5.41, 5.74) is 6.64. The number of guanidine groups is 1. The van der Waals surface area contributed by atoms with Gasteiger partial charge in [0.05, 0.1) is 16.7 Å². The van der Waals surface area contributed by atoms with Crippen LogP contribution in [0.4, 0.5) is 36.3 Å². The van der Waals surface area contributed by atoms with Crippen molar-refractivity contribution in [2.24, 2.45) is 10.7 Å². The van der Waals surface area contributed by atoms with Gasteiger partial charge in [0, 0.05) is 29.5 Å². The number of nitrogens with zero attached hydrogens (tertiary/aromatic N) is 4. The van der Waals surface area contributed by atoms with E-state index in [4.69, 9.17) is 33.7 Å². The van der Waals surface area contributed by atoms with E-state index in [9.17, 15) is 13.2 Å². The summed E-state index contributed by atoms with van der Waals surface area (Å²) in [4.78, 5) is 13.9. The quantitative estimate of drug-likeness (QED) is 0.208. The van der Waals surface area contributed by atoms with Gasteiger partial charge >= 0.3 is 6.18 Å². The average molecular weight is 568 g/mol. The molecule has 2 aromatic carbocycles. The van der Waals surface area contributed by atoms with E-state index in [1.165, 1.54) is 12.1 Å². The zero-order valence-electron chi connectivity index (χ0n) is 20.4. The molecular formula is C25H26Cl2F3N7O. The minimum atomic E-state index is -4.73. The minimum absolute atomic E-state index is 0.0929. The van der Waals surface area contributed by atoms with Crippen molar-refractivity contribution < 1.29 is 17.9 Å². The lowest BCUT2D eigenvalue weighted by atomic mass is 10.1. The third kappa shape index (κ3) is 7.40. The highest BCUT2D eigenvalue weighted by atomic mass is 35.5. The van der Waals surface area contributed by atoms with E-state index in [0.717, 1.165) is 43.3 Å². The maximum absolute atomic E-state index is 13.6. The Kier molecular flexibility index (Phi) is 8.80. The minimum Gasteiger partial charge on any atom is -0.494 e. The van der Waals surface area contributed by atoms with E-state index >= 15 is 0 Å². The number of aliphatic imine (C=N–C) groups is 1. The molecule has 0 atom stereocenters. The van der Waals surface area contributed by atoms with E-state index < -0.39 is 17.8 Å². The van der Waals surface area contributed by atoms with Gasteiger partial charge in [-0.15, -0.1) is 0 Å². The van der Waals surface area contributed by atoms with Crippen molar-refractivity contribution in [3.63, 3.8) is 0 Å². The van der Waals surface area contributed by atoms with Crippen LogP contribution in [0.3, 0.4) is 0 Å². The van der Waals surface area contributed by atoms with Gasteiger partial charge in [-0.3, -0.25) is 4.90 Å². The fourth-order valence-electron chi connectivity index (χ4n) is 3.96. The van der Waals surface area contributed by atoms with Crippen LogP contribution in [0.1, 0.15) is 31.0 Å². The van der Waals surface area contributed by atoms with Crippen LogP contribution < -0.4 is 21.1 Å². The van der Waals surface area contributed by atoms with Crippen LogP contribution in [0.2, 0.25) is 10.0 Å². The summed E-state index contributed by atoms with van der Waals surface area (Å²) >= 11 is 11.9. The number of alkyl halides is 3. The van der Waals surface area contributed by atoms with Gasteiger partial charge in [-0.2, -0.15) is 23.1 Å². The van der Waals surface area contributed by atoms with Crippen LogP contribution in [-0.4, -0.2) is 40.5 Å². The van der Waals surface area contributed by atoms with Gasteiger partial charge in [-0.25, -0.2) is 4.98 Å². The first-order chi connectivity index (χ1) is 18.1. The highest BCUT2D eigenvalue weighted by Crippen LogP contribution is 2.32. The molecular weight excluding hydrogens is 542 g/mol. The first-order valence-electron chi connectivity index (χ1n) is 11.9. The Labute approximate surface area is 228 Å². The first-order valence-corrected chi connectivity index (χ1v) is 12.6. The predicted octanol–water partition coefficient (Wildman–Crippen LogP) is 6.60. The Morgan fingerprint density at radius 3 is 2.47 bits per heavy atom. The normalized spacial score (nSPS) is 14.5. The van der Waals surface area contributed by atoms with Gasteiger partial charge in [-0.05, 0) is 69.3 Å². The third-order valence-corrected chi connectivity index (χ3v) is 6.38. The lowest BCUT2D eigenvalue weighted by molar-refractivity contribution is -0.141. The van der Waals surface area contributed by atoms with Crippen molar-refractivity contribution in [3.05, 3.63) is 63.8 Å². The highest BCUT2D eigenvalue weighted by Gasteiger charge is 2.34. The molecule has 1 aliphatic rings. The molecule has 202 valence electrons.